The highest BCUT2D eigenvalue weighted by molar-refractivity contribution is 14.1. The first kappa shape index (κ1) is 17.9. The standard InChI is InChI=1S/C17H17ClINO3/c1-10(11-6-4-5-7-13(11)18)20-17(21)12-8-15(22-2)16(23-3)9-14(12)19/h4-10H,1-3H3,(H,20,21). The highest BCUT2D eigenvalue weighted by Crippen LogP contribution is 2.31. The van der Waals surface area contributed by atoms with Crippen molar-refractivity contribution in [3.63, 3.8) is 0 Å². The molecule has 1 unspecified atom stereocenters. The van der Waals surface area contributed by atoms with Gasteiger partial charge in [-0.2, -0.15) is 0 Å². The Morgan fingerprint density at radius 3 is 2.39 bits per heavy atom. The van der Waals surface area contributed by atoms with Crippen molar-refractivity contribution in [3.8, 4) is 11.5 Å². The summed E-state index contributed by atoms with van der Waals surface area (Å²) in [7, 11) is 3.10. The van der Waals surface area contributed by atoms with E-state index in [1.807, 2.05) is 25.1 Å². The Hall–Kier alpha value is -1.47. The van der Waals surface area contributed by atoms with E-state index >= 15 is 0 Å². The highest BCUT2D eigenvalue weighted by atomic mass is 127. The van der Waals surface area contributed by atoms with Gasteiger partial charge in [-0.05, 0) is 53.3 Å². The lowest BCUT2D eigenvalue weighted by Crippen LogP contribution is -2.27. The van der Waals surface area contributed by atoms with Crippen molar-refractivity contribution in [1.29, 1.82) is 0 Å². The SMILES string of the molecule is COc1cc(I)c(C(=O)NC(C)c2ccccc2Cl)cc1OC. The number of ether oxygens (including phenoxy) is 2. The molecule has 1 amide bonds. The molecule has 0 saturated carbocycles. The van der Waals surface area contributed by atoms with E-state index in [1.165, 1.54) is 0 Å². The van der Waals surface area contributed by atoms with Crippen LogP contribution >= 0.6 is 34.2 Å². The van der Waals surface area contributed by atoms with Crippen molar-refractivity contribution < 1.29 is 14.3 Å². The fourth-order valence-corrected chi connectivity index (χ4v) is 3.19. The van der Waals surface area contributed by atoms with Gasteiger partial charge in [0.05, 0.1) is 25.8 Å². The van der Waals surface area contributed by atoms with Crippen molar-refractivity contribution in [2.24, 2.45) is 0 Å². The average Bonchev–Trinajstić information content (AvgIpc) is 2.54. The van der Waals surface area contributed by atoms with E-state index in [0.717, 1.165) is 9.13 Å². The molecule has 122 valence electrons. The molecule has 0 fully saturated rings. The predicted molar refractivity (Wildman–Crippen MR) is 99.6 cm³/mol. The van der Waals surface area contributed by atoms with Gasteiger partial charge in [0.15, 0.2) is 11.5 Å². The first-order valence-electron chi connectivity index (χ1n) is 6.94. The molecule has 0 saturated heterocycles. The summed E-state index contributed by atoms with van der Waals surface area (Å²) in [5.74, 6) is 0.916. The Labute approximate surface area is 154 Å². The van der Waals surface area contributed by atoms with Crippen molar-refractivity contribution in [2.45, 2.75) is 13.0 Å². The van der Waals surface area contributed by atoms with Crippen LogP contribution in [0, 0.1) is 3.57 Å². The smallest absolute Gasteiger partial charge is 0.252 e. The first-order valence-corrected chi connectivity index (χ1v) is 8.40. The largest absolute Gasteiger partial charge is 0.493 e. The molecule has 23 heavy (non-hydrogen) atoms. The second kappa shape index (κ2) is 7.88. The lowest BCUT2D eigenvalue weighted by Gasteiger charge is -2.17. The van der Waals surface area contributed by atoms with Crippen LogP contribution in [0.3, 0.4) is 0 Å². The molecule has 2 aromatic carbocycles. The van der Waals surface area contributed by atoms with Crippen LogP contribution in [0.15, 0.2) is 36.4 Å². The lowest BCUT2D eigenvalue weighted by molar-refractivity contribution is 0.0938. The summed E-state index contributed by atoms with van der Waals surface area (Å²) < 4.78 is 11.3. The van der Waals surface area contributed by atoms with Gasteiger partial charge in [-0.25, -0.2) is 0 Å². The average molecular weight is 446 g/mol. The number of hydrogen-bond acceptors (Lipinski definition) is 3. The van der Waals surface area contributed by atoms with Crippen LogP contribution in [0.4, 0.5) is 0 Å². The van der Waals surface area contributed by atoms with Crippen LogP contribution in [0.5, 0.6) is 11.5 Å². The Morgan fingerprint density at radius 1 is 1.17 bits per heavy atom. The van der Waals surface area contributed by atoms with E-state index in [2.05, 4.69) is 27.9 Å². The summed E-state index contributed by atoms with van der Waals surface area (Å²) in [5, 5.41) is 3.59. The molecule has 4 nitrogen and oxygen atoms in total. The summed E-state index contributed by atoms with van der Waals surface area (Å²) >= 11 is 8.28. The number of amides is 1. The molecular weight excluding hydrogens is 429 g/mol. The molecule has 0 aliphatic heterocycles. The zero-order chi connectivity index (χ0) is 17.0. The number of methoxy groups -OCH3 is 2. The van der Waals surface area contributed by atoms with Gasteiger partial charge < -0.3 is 14.8 Å². The van der Waals surface area contributed by atoms with E-state index in [1.54, 1.807) is 32.4 Å². The first-order chi connectivity index (χ1) is 11.0. The van der Waals surface area contributed by atoms with Crippen LogP contribution in [-0.4, -0.2) is 20.1 Å². The van der Waals surface area contributed by atoms with Crippen LogP contribution in [0.2, 0.25) is 5.02 Å². The predicted octanol–water partition coefficient (Wildman–Crippen LogP) is 4.45. The zero-order valence-electron chi connectivity index (χ0n) is 13.0. The minimum absolute atomic E-state index is 0.192. The maximum Gasteiger partial charge on any atom is 0.252 e. The van der Waals surface area contributed by atoms with E-state index < -0.39 is 0 Å². The second-order valence-corrected chi connectivity index (χ2v) is 6.47. The number of rotatable bonds is 5. The molecule has 0 heterocycles. The Bertz CT molecular complexity index is 721. The van der Waals surface area contributed by atoms with E-state index in [-0.39, 0.29) is 11.9 Å². The van der Waals surface area contributed by atoms with E-state index in [0.29, 0.717) is 22.1 Å². The summed E-state index contributed by atoms with van der Waals surface area (Å²) in [4.78, 5) is 12.6. The molecular formula is C17H17ClINO3. The number of hydrogen-bond donors (Lipinski definition) is 1. The fourth-order valence-electron chi connectivity index (χ4n) is 2.21. The van der Waals surface area contributed by atoms with Gasteiger partial charge in [-0.3, -0.25) is 4.79 Å². The molecule has 6 heteroatoms. The van der Waals surface area contributed by atoms with Crippen molar-refractivity contribution in [1.82, 2.24) is 5.32 Å². The minimum Gasteiger partial charge on any atom is -0.493 e. The normalized spacial score (nSPS) is 11.7. The van der Waals surface area contributed by atoms with Gasteiger partial charge in [0.1, 0.15) is 0 Å². The monoisotopic (exact) mass is 445 g/mol. The Morgan fingerprint density at radius 2 is 1.78 bits per heavy atom. The quantitative estimate of drug-likeness (QED) is 0.692. The summed E-state index contributed by atoms with van der Waals surface area (Å²) in [5.41, 5.74) is 1.40. The van der Waals surface area contributed by atoms with Gasteiger partial charge in [-0.1, -0.05) is 29.8 Å². The third-order valence-corrected chi connectivity index (χ3v) is 4.67. The third kappa shape index (κ3) is 4.09. The molecule has 0 radical (unpaired) electrons. The molecule has 0 aliphatic rings. The maximum absolute atomic E-state index is 12.6. The third-order valence-electron chi connectivity index (χ3n) is 3.44. The van der Waals surface area contributed by atoms with Gasteiger partial charge in [0, 0.05) is 8.59 Å². The Balaban J connectivity index is 2.26. The number of benzene rings is 2. The molecule has 0 bridgehead atoms. The fraction of sp³-hybridized carbons (Fsp3) is 0.235. The van der Waals surface area contributed by atoms with Gasteiger partial charge in [0.2, 0.25) is 0 Å². The molecule has 0 aromatic heterocycles. The van der Waals surface area contributed by atoms with Crippen LogP contribution < -0.4 is 14.8 Å². The summed E-state index contributed by atoms with van der Waals surface area (Å²) in [6, 6.07) is 10.7. The topological polar surface area (TPSA) is 47.6 Å². The molecule has 0 aliphatic carbocycles. The summed E-state index contributed by atoms with van der Waals surface area (Å²) in [6.45, 7) is 1.90. The van der Waals surface area contributed by atoms with Gasteiger partial charge in [-0.15, -0.1) is 0 Å². The molecule has 1 N–H and O–H groups in total. The number of halogens is 2. The second-order valence-electron chi connectivity index (χ2n) is 4.90. The van der Waals surface area contributed by atoms with Crippen LogP contribution in [-0.2, 0) is 0 Å². The zero-order valence-corrected chi connectivity index (χ0v) is 15.9. The van der Waals surface area contributed by atoms with E-state index in [9.17, 15) is 4.79 Å². The van der Waals surface area contributed by atoms with Gasteiger partial charge in [0.25, 0.3) is 5.91 Å². The molecule has 2 rings (SSSR count). The molecule has 2 aromatic rings. The molecule has 0 spiro atoms. The van der Waals surface area contributed by atoms with Crippen molar-refractivity contribution in [2.75, 3.05) is 14.2 Å². The Kier molecular flexibility index (Phi) is 6.12. The minimum atomic E-state index is -0.208. The van der Waals surface area contributed by atoms with Crippen LogP contribution in [0.25, 0.3) is 0 Å². The highest BCUT2D eigenvalue weighted by Gasteiger charge is 2.18. The number of nitrogens with one attached hydrogen (secondary N) is 1. The summed E-state index contributed by atoms with van der Waals surface area (Å²) in [6.07, 6.45) is 0. The van der Waals surface area contributed by atoms with Gasteiger partial charge >= 0.3 is 0 Å². The maximum atomic E-state index is 12.6. The van der Waals surface area contributed by atoms with Crippen molar-refractivity contribution >= 4 is 40.1 Å². The molecule has 1 atom stereocenters. The number of carbonyl (C=O) groups is 1. The number of carbonyl (C=O) groups excluding carboxylic acids is 1. The van der Waals surface area contributed by atoms with Crippen LogP contribution in [0.1, 0.15) is 28.9 Å². The lowest BCUT2D eigenvalue weighted by atomic mass is 10.1. The van der Waals surface area contributed by atoms with E-state index in [4.69, 9.17) is 21.1 Å². The van der Waals surface area contributed by atoms with Crippen molar-refractivity contribution in [3.05, 3.63) is 56.1 Å².